The van der Waals surface area contributed by atoms with Gasteiger partial charge in [0.2, 0.25) is 5.95 Å². The minimum atomic E-state index is 0.450. The molecule has 1 atom stereocenters. The average molecular weight is 288 g/mol. The Kier molecular flexibility index (Phi) is 4.28. The molecule has 0 saturated carbocycles. The maximum atomic E-state index is 4.43. The summed E-state index contributed by atoms with van der Waals surface area (Å²) in [6.45, 7) is 5.31. The molecule has 20 heavy (non-hydrogen) atoms. The number of hydrogen-bond acceptors (Lipinski definition) is 5. The van der Waals surface area contributed by atoms with E-state index >= 15 is 0 Å². The third kappa shape index (κ3) is 3.55. The number of rotatable bonds is 4. The number of likely N-dealkylation sites (tertiary alicyclic amines) is 1. The fraction of sp³-hybridized carbons (Fsp3) is 0.467. The molecule has 0 bridgehead atoms. The van der Waals surface area contributed by atoms with Crippen molar-refractivity contribution in [1.29, 1.82) is 0 Å². The Bertz CT molecular complexity index is 541. The molecule has 4 nitrogen and oxygen atoms in total. The van der Waals surface area contributed by atoms with Crippen molar-refractivity contribution in [3.05, 3.63) is 40.3 Å². The second kappa shape index (κ2) is 6.33. The lowest BCUT2D eigenvalue weighted by Gasteiger charge is -2.32. The van der Waals surface area contributed by atoms with Crippen LogP contribution in [-0.2, 0) is 6.54 Å². The molecular formula is C15H20N4S. The van der Waals surface area contributed by atoms with Crippen LogP contribution in [0, 0.1) is 6.92 Å². The van der Waals surface area contributed by atoms with Crippen LogP contribution in [0.15, 0.2) is 29.8 Å². The smallest absolute Gasteiger partial charge is 0.223 e. The highest BCUT2D eigenvalue weighted by Crippen LogP contribution is 2.18. The Morgan fingerprint density at radius 2 is 2.40 bits per heavy atom. The minimum absolute atomic E-state index is 0.450. The van der Waals surface area contributed by atoms with Gasteiger partial charge in [-0.15, -0.1) is 11.3 Å². The van der Waals surface area contributed by atoms with Gasteiger partial charge >= 0.3 is 0 Å². The van der Waals surface area contributed by atoms with Crippen molar-refractivity contribution in [2.24, 2.45) is 0 Å². The highest BCUT2D eigenvalue weighted by atomic mass is 32.1. The summed E-state index contributed by atoms with van der Waals surface area (Å²) in [5.41, 5.74) is 1.01. The number of aryl methyl sites for hydroxylation is 1. The average Bonchev–Trinajstić information content (AvgIpc) is 2.92. The van der Waals surface area contributed by atoms with Gasteiger partial charge in [-0.1, -0.05) is 6.07 Å². The first-order chi connectivity index (χ1) is 9.79. The second-order valence-corrected chi connectivity index (χ2v) is 6.35. The van der Waals surface area contributed by atoms with Crippen LogP contribution in [0.4, 0.5) is 5.95 Å². The van der Waals surface area contributed by atoms with Crippen LogP contribution in [0.1, 0.15) is 23.4 Å². The molecule has 5 heteroatoms. The van der Waals surface area contributed by atoms with E-state index in [0.29, 0.717) is 6.04 Å². The molecule has 3 rings (SSSR count). The van der Waals surface area contributed by atoms with Crippen molar-refractivity contribution in [3.8, 4) is 0 Å². The molecule has 1 saturated heterocycles. The maximum absolute atomic E-state index is 4.43. The normalized spacial score (nSPS) is 19.9. The molecule has 1 fully saturated rings. The molecule has 0 aromatic carbocycles. The summed E-state index contributed by atoms with van der Waals surface area (Å²) in [4.78, 5) is 12.7. The van der Waals surface area contributed by atoms with Gasteiger partial charge in [0, 0.05) is 35.9 Å². The van der Waals surface area contributed by atoms with E-state index in [4.69, 9.17) is 0 Å². The van der Waals surface area contributed by atoms with Crippen LogP contribution in [-0.4, -0.2) is 34.0 Å². The molecule has 0 amide bonds. The largest absolute Gasteiger partial charge is 0.350 e. The van der Waals surface area contributed by atoms with Crippen molar-refractivity contribution in [2.75, 3.05) is 18.4 Å². The molecule has 1 aliphatic heterocycles. The highest BCUT2D eigenvalue weighted by Gasteiger charge is 2.20. The molecule has 1 N–H and O–H groups in total. The molecule has 1 aliphatic rings. The number of nitrogens with one attached hydrogen (secondary N) is 1. The number of anilines is 1. The lowest BCUT2D eigenvalue weighted by molar-refractivity contribution is 0.210. The number of thiophene rings is 1. The Hall–Kier alpha value is -1.46. The van der Waals surface area contributed by atoms with E-state index in [9.17, 15) is 0 Å². The van der Waals surface area contributed by atoms with Gasteiger partial charge in [-0.2, -0.15) is 0 Å². The van der Waals surface area contributed by atoms with Gasteiger partial charge in [-0.05, 0) is 43.8 Å². The van der Waals surface area contributed by atoms with Crippen molar-refractivity contribution >= 4 is 17.3 Å². The maximum Gasteiger partial charge on any atom is 0.223 e. The second-order valence-electron chi connectivity index (χ2n) is 5.32. The first-order valence-electron chi connectivity index (χ1n) is 7.10. The quantitative estimate of drug-likeness (QED) is 0.939. The van der Waals surface area contributed by atoms with Gasteiger partial charge in [-0.25, -0.2) is 9.97 Å². The highest BCUT2D eigenvalue weighted by molar-refractivity contribution is 7.09. The summed E-state index contributed by atoms with van der Waals surface area (Å²) >= 11 is 1.84. The lowest BCUT2D eigenvalue weighted by atomic mass is 10.1. The molecule has 0 aliphatic carbocycles. The third-order valence-corrected chi connectivity index (χ3v) is 4.45. The molecule has 3 heterocycles. The summed E-state index contributed by atoms with van der Waals surface area (Å²) < 4.78 is 0. The standard InChI is InChI=1S/C15H20N4S/c1-12-6-7-16-15(17-12)18-13-4-2-8-19(10-13)11-14-5-3-9-20-14/h3,5-7,9,13H,2,4,8,10-11H2,1H3,(H,16,17,18)/t13-/m0/s1. The summed E-state index contributed by atoms with van der Waals surface area (Å²) in [6.07, 6.45) is 4.24. The summed E-state index contributed by atoms with van der Waals surface area (Å²) in [7, 11) is 0. The van der Waals surface area contributed by atoms with E-state index in [1.54, 1.807) is 0 Å². The summed E-state index contributed by atoms with van der Waals surface area (Å²) in [5.74, 6) is 0.757. The van der Waals surface area contributed by atoms with Crippen molar-refractivity contribution < 1.29 is 0 Å². The first-order valence-corrected chi connectivity index (χ1v) is 7.98. The molecule has 0 spiro atoms. The molecule has 2 aromatic rings. The van der Waals surface area contributed by atoms with Crippen LogP contribution in [0.5, 0.6) is 0 Å². The van der Waals surface area contributed by atoms with E-state index in [1.165, 1.54) is 24.3 Å². The topological polar surface area (TPSA) is 41.1 Å². The molecular weight excluding hydrogens is 268 g/mol. The van der Waals surface area contributed by atoms with Crippen LogP contribution in [0.25, 0.3) is 0 Å². The molecule has 106 valence electrons. The first kappa shape index (κ1) is 13.5. The predicted octanol–water partition coefficient (Wildman–Crippen LogP) is 2.92. The zero-order valence-corrected chi connectivity index (χ0v) is 12.6. The van der Waals surface area contributed by atoms with Gasteiger partial charge in [-0.3, -0.25) is 4.90 Å². The van der Waals surface area contributed by atoms with E-state index in [0.717, 1.165) is 24.7 Å². The summed E-state index contributed by atoms with van der Waals surface area (Å²) in [5, 5.41) is 5.62. The zero-order chi connectivity index (χ0) is 13.8. The SMILES string of the molecule is Cc1ccnc(N[C@H]2CCCN(Cc3cccs3)C2)n1. The zero-order valence-electron chi connectivity index (χ0n) is 11.7. The van der Waals surface area contributed by atoms with Crippen LogP contribution >= 0.6 is 11.3 Å². The third-order valence-electron chi connectivity index (χ3n) is 3.59. The molecule has 0 unspecified atom stereocenters. The number of hydrogen-bond donors (Lipinski definition) is 1. The van der Waals surface area contributed by atoms with Gasteiger partial charge < -0.3 is 5.32 Å². The van der Waals surface area contributed by atoms with E-state index < -0.39 is 0 Å². The van der Waals surface area contributed by atoms with E-state index in [-0.39, 0.29) is 0 Å². The Morgan fingerprint density at radius 3 is 3.20 bits per heavy atom. The Labute approximate surface area is 123 Å². The van der Waals surface area contributed by atoms with Crippen molar-refractivity contribution in [2.45, 2.75) is 32.4 Å². The van der Waals surface area contributed by atoms with Gasteiger partial charge in [0.05, 0.1) is 0 Å². The van der Waals surface area contributed by atoms with Gasteiger partial charge in [0.25, 0.3) is 0 Å². The number of piperidine rings is 1. The fourth-order valence-corrected chi connectivity index (χ4v) is 3.39. The molecule has 0 radical (unpaired) electrons. The van der Waals surface area contributed by atoms with Crippen molar-refractivity contribution in [3.63, 3.8) is 0 Å². The number of nitrogens with zero attached hydrogens (tertiary/aromatic N) is 3. The van der Waals surface area contributed by atoms with Gasteiger partial charge in [0.15, 0.2) is 0 Å². The summed E-state index contributed by atoms with van der Waals surface area (Å²) in [6, 6.07) is 6.71. The van der Waals surface area contributed by atoms with Crippen LogP contribution in [0.2, 0.25) is 0 Å². The Balaban J connectivity index is 1.57. The number of aromatic nitrogens is 2. The van der Waals surface area contributed by atoms with E-state index in [1.807, 2.05) is 30.5 Å². The minimum Gasteiger partial charge on any atom is -0.350 e. The monoisotopic (exact) mass is 288 g/mol. The van der Waals surface area contributed by atoms with E-state index in [2.05, 4.69) is 37.7 Å². The molecule has 2 aromatic heterocycles. The lowest BCUT2D eigenvalue weighted by Crippen LogP contribution is -2.41. The van der Waals surface area contributed by atoms with Crippen LogP contribution in [0.3, 0.4) is 0 Å². The van der Waals surface area contributed by atoms with Crippen molar-refractivity contribution in [1.82, 2.24) is 14.9 Å². The predicted molar refractivity (Wildman–Crippen MR) is 83.0 cm³/mol. The Morgan fingerprint density at radius 1 is 1.45 bits per heavy atom. The van der Waals surface area contributed by atoms with Crippen LogP contribution < -0.4 is 5.32 Å². The van der Waals surface area contributed by atoms with Gasteiger partial charge in [0.1, 0.15) is 0 Å². The fourth-order valence-electron chi connectivity index (χ4n) is 2.64.